The first kappa shape index (κ1) is 10.2. The predicted octanol–water partition coefficient (Wildman–Crippen LogP) is 2.50. The third kappa shape index (κ3) is 1.52. The summed E-state index contributed by atoms with van der Waals surface area (Å²) in [5.74, 6) is 2.07. The fraction of sp³-hybridized carbons (Fsp3) is 0.571. The van der Waals surface area contributed by atoms with Crippen LogP contribution in [0, 0.1) is 5.92 Å². The fourth-order valence-corrected chi connectivity index (χ4v) is 2.76. The molecule has 0 radical (unpaired) electrons. The predicted molar refractivity (Wildman–Crippen MR) is 62.8 cm³/mol. The number of hydrogen-bond acceptors (Lipinski definition) is 2. The fourth-order valence-electron chi connectivity index (χ4n) is 2.76. The van der Waals surface area contributed by atoms with E-state index in [0.717, 1.165) is 18.6 Å². The lowest BCUT2D eigenvalue weighted by Gasteiger charge is -2.18. The van der Waals surface area contributed by atoms with Crippen LogP contribution in [0.2, 0.25) is 0 Å². The lowest BCUT2D eigenvalue weighted by molar-refractivity contribution is 0.137. The van der Waals surface area contributed by atoms with Crippen molar-refractivity contribution in [1.29, 1.82) is 0 Å². The molecule has 2 atom stereocenters. The van der Waals surface area contributed by atoms with Crippen molar-refractivity contribution in [1.82, 2.24) is 0 Å². The maximum atomic E-state index is 9.15. The van der Waals surface area contributed by atoms with Gasteiger partial charge in [0.1, 0.15) is 11.4 Å². The van der Waals surface area contributed by atoms with Crippen LogP contribution in [0.4, 0.5) is 0 Å². The Labute approximate surface area is 96.2 Å². The topological polar surface area (TPSA) is 29.5 Å². The summed E-state index contributed by atoms with van der Waals surface area (Å²) in [4.78, 5) is 0. The smallest absolute Gasteiger partial charge is 0.126 e. The van der Waals surface area contributed by atoms with E-state index < -0.39 is 0 Å². The van der Waals surface area contributed by atoms with Gasteiger partial charge >= 0.3 is 0 Å². The molecule has 1 fully saturated rings. The van der Waals surface area contributed by atoms with Crippen LogP contribution in [0.15, 0.2) is 18.2 Å². The largest absolute Gasteiger partial charge is 0.487 e. The van der Waals surface area contributed by atoms with Gasteiger partial charge in [0, 0.05) is 13.0 Å². The maximum Gasteiger partial charge on any atom is 0.126 e. The minimum absolute atomic E-state index is 0.0674. The van der Waals surface area contributed by atoms with E-state index in [1.54, 1.807) is 0 Å². The van der Waals surface area contributed by atoms with Crippen LogP contribution in [0.1, 0.15) is 37.3 Å². The minimum atomic E-state index is -0.0674. The summed E-state index contributed by atoms with van der Waals surface area (Å²) in [6.07, 6.45) is 2.10. The molecule has 1 aliphatic carbocycles. The first-order valence-electron chi connectivity index (χ1n) is 6.02. The molecule has 1 aromatic rings. The number of rotatable bonds is 2. The number of aliphatic hydroxyl groups is 1. The zero-order valence-electron chi connectivity index (χ0n) is 9.86. The van der Waals surface area contributed by atoms with Crippen molar-refractivity contribution < 1.29 is 9.84 Å². The first-order chi connectivity index (χ1) is 7.61. The zero-order chi connectivity index (χ0) is 11.3. The van der Waals surface area contributed by atoms with Crippen LogP contribution in [0.25, 0.3) is 0 Å². The Morgan fingerprint density at radius 1 is 1.44 bits per heavy atom. The van der Waals surface area contributed by atoms with Crippen molar-refractivity contribution in [2.45, 2.75) is 38.2 Å². The average molecular weight is 218 g/mol. The highest BCUT2D eigenvalue weighted by atomic mass is 16.5. The SMILES string of the molecule is CC1(C)Cc2cccc(C3CC3CO)c2O1. The third-order valence-corrected chi connectivity index (χ3v) is 3.68. The molecule has 0 amide bonds. The summed E-state index contributed by atoms with van der Waals surface area (Å²) in [6, 6.07) is 6.43. The molecule has 1 N–H and O–H groups in total. The van der Waals surface area contributed by atoms with Gasteiger partial charge in [-0.2, -0.15) is 0 Å². The summed E-state index contributed by atoms with van der Waals surface area (Å²) in [6.45, 7) is 4.57. The molecule has 0 aromatic heterocycles. The highest BCUT2D eigenvalue weighted by molar-refractivity contribution is 5.49. The highest BCUT2D eigenvalue weighted by Gasteiger charge is 2.42. The lowest BCUT2D eigenvalue weighted by atomic mass is 9.99. The summed E-state index contributed by atoms with van der Waals surface area (Å²) >= 11 is 0. The number of para-hydroxylation sites is 1. The molecule has 3 rings (SSSR count). The summed E-state index contributed by atoms with van der Waals surface area (Å²) in [5.41, 5.74) is 2.57. The highest BCUT2D eigenvalue weighted by Crippen LogP contribution is 2.52. The molecule has 1 aliphatic heterocycles. The Hall–Kier alpha value is -1.02. The van der Waals surface area contributed by atoms with Crippen molar-refractivity contribution in [3.8, 4) is 5.75 Å². The van der Waals surface area contributed by atoms with Crippen LogP contribution in [-0.2, 0) is 6.42 Å². The standard InChI is InChI=1S/C14H18O2/c1-14(2)7-9-4-3-5-11(13(9)16-14)12-6-10(12)8-15/h3-5,10,12,15H,6-8H2,1-2H3. The second-order valence-corrected chi connectivity index (χ2v) is 5.66. The van der Waals surface area contributed by atoms with Gasteiger partial charge in [-0.15, -0.1) is 0 Å². The Bertz CT molecular complexity index is 423. The normalized spacial score (nSPS) is 29.7. The van der Waals surface area contributed by atoms with Crippen molar-refractivity contribution >= 4 is 0 Å². The summed E-state index contributed by atoms with van der Waals surface area (Å²) < 4.78 is 6.04. The Morgan fingerprint density at radius 2 is 2.25 bits per heavy atom. The molecule has 2 aliphatic rings. The van der Waals surface area contributed by atoms with Gasteiger partial charge in [-0.25, -0.2) is 0 Å². The van der Waals surface area contributed by atoms with Gasteiger partial charge < -0.3 is 9.84 Å². The van der Waals surface area contributed by atoms with Gasteiger partial charge in [0.15, 0.2) is 0 Å². The second kappa shape index (κ2) is 3.24. The number of aliphatic hydroxyl groups excluding tert-OH is 1. The van der Waals surface area contributed by atoms with E-state index in [0.29, 0.717) is 18.4 Å². The van der Waals surface area contributed by atoms with Gasteiger partial charge in [0.25, 0.3) is 0 Å². The molecule has 1 heterocycles. The molecule has 0 spiro atoms. The summed E-state index contributed by atoms with van der Waals surface area (Å²) in [7, 11) is 0. The molecular weight excluding hydrogens is 200 g/mol. The quantitative estimate of drug-likeness (QED) is 0.826. The lowest BCUT2D eigenvalue weighted by Crippen LogP contribution is -2.24. The molecule has 0 saturated heterocycles. The van der Waals surface area contributed by atoms with Crippen molar-refractivity contribution in [2.24, 2.45) is 5.92 Å². The second-order valence-electron chi connectivity index (χ2n) is 5.66. The van der Waals surface area contributed by atoms with Crippen LogP contribution in [0.5, 0.6) is 5.75 Å². The Balaban J connectivity index is 1.95. The van der Waals surface area contributed by atoms with Gasteiger partial charge in [0.2, 0.25) is 0 Å². The van der Waals surface area contributed by atoms with Crippen LogP contribution >= 0.6 is 0 Å². The Morgan fingerprint density at radius 3 is 2.94 bits per heavy atom. The molecule has 16 heavy (non-hydrogen) atoms. The zero-order valence-corrected chi connectivity index (χ0v) is 9.86. The van der Waals surface area contributed by atoms with E-state index in [2.05, 4.69) is 32.0 Å². The average Bonchev–Trinajstić information content (AvgIpc) is 2.92. The van der Waals surface area contributed by atoms with Gasteiger partial charge in [-0.05, 0) is 43.2 Å². The number of benzene rings is 1. The molecule has 1 aromatic carbocycles. The molecule has 2 nitrogen and oxygen atoms in total. The molecule has 86 valence electrons. The van der Waals surface area contributed by atoms with E-state index in [9.17, 15) is 0 Å². The molecule has 2 unspecified atom stereocenters. The third-order valence-electron chi connectivity index (χ3n) is 3.68. The first-order valence-corrected chi connectivity index (χ1v) is 6.02. The van der Waals surface area contributed by atoms with E-state index in [1.807, 2.05) is 0 Å². The van der Waals surface area contributed by atoms with Gasteiger partial charge in [-0.3, -0.25) is 0 Å². The van der Waals surface area contributed by atoms with E-state index in [4.69, 9.17) is 9.84 Å². The minimum Gasteiger partial charge on any atom is -0.487 e. The van der Waals surface area contributed by atoms with Crippen molar-refractivity contribution in [2.75, 3.05) is 6.61 Å². The molecule has 1 saturated carbocycles. The van der Waals surface area contributed by atoms with E-state index in [-0.39, 0.29) is 5.60 Å². The molecule has 0 bridgehead atoms. The number of ether oxygens (including phenoxy) is 1. The molecular formula is C14H18O2. The van der Waals surface area contributed by atoms with Crippen LogP contribution in [0.3, 0.4) is 0 Å². The van der Waals surface area contributed by atoms with Crippen LogP contribution < -0.4 is 4.74 Å². The monoisotopic (exact) mass is 218 g/mol. The van der Waals surface area contributed by atoms with Gasteiger partial charge in [0.05, 0.1) is 0 Å². The van der Waals surface area contributed by atoms with E-state index >= 15 is 0 Å². The van der Waals surface area contributed by atoms with Crippen molar-refractivity contribution in [3.63, 3.8) is 0 Å². The maximum absolute atomic E-state index is 9.15. The number of hydrogen-bond donors (Lipinski definition) is 1. The van der Waals surface area contributed by atoms with Crippen molar-refractivity contribution in [3.05, 3.63) is 29.3 Å². The van der Waals surface area contributed by atoms with Crippen LogP contribution in [-0.4, -0.2) is 17.3 Å². The molecule has 2 heteroatoms. The summed E-state index contributed by atoms with van der Waals surface area (Å²) in [5, 5.41) is 9.15. The van der Waals surface area contributed by atoms with Gasteiger partial charge in [-0.1, -0.05) is 18.2 Å². The number of fused-ring (bicyclic) bond motifs is 1. The Kier molecular flexibility index (Phi) is 2.05. The van der Waals surface area contributed by atoms with E-state index in [1.165, 1.54) is 11.1 Å².